The van der Waals surface area contributed by atoms with Crippen LogP contribution in [-0.4, -0.2) is 45.0 Å². The van der Waals surface area contributed by atoms with Gasteiger partial charge in [0.25, 0.3) is 0 Å². The zero-order chi connectivity index (χ0) is 23.6. The summed E-state index contributed by atoms with van der Waals surface area (Å²) in [6.07, 6.45) is 0.518. The molecule has 0 fully saturated rings. The van der Waals surface area contributed by atoms with E-state index in [1.54, 1.807) is 13.8 Å². The molecule has 1 aliphatic carbocycles. The highest BCUT2D eigenvalue weighted by Gasteiger charge is 2.47. The van der Waals surface area contributed by atoms with Crippen LogP contribution in [0.1, 0.15) is 45.6 Å². The van der Waals surface area contributed by atoms with E-state index in [-0.39, 0.29) is 24.9 Å². The van der Waals surface area contributed by atoms with Crippen molar-refractivity contribution in [2.75, 3.05) is 32.2 Å². The van der Waals surface area contributed by atoms with Crippen LogP contribution < -0.4 is 10.2 Å². The molecular formula is C25H32N2O5. The van der Waals surface area contributed by atoms with Crippen LogP contribution >= 0.6 is 0 Å². The van der Waals surface area contributed by atoms with Gasteiger partial charge in [-0.25, -0.2) is 4.79 Å². The summed E-state index contributed by atoms with van der Waals surface area (Å²) in [7, 11) is 3.90. The smallest absolute Gasteiger partial charge is 0.336 e. The number of esters is 2. The Morgan fingerprint density at radius 1 is 1.09 bits per heavy atom. The van der Waals surface area contributed by atoms with E-state index in [0.717, 1.165) is 16.9 Å². The number of carbonyl (C=O) groups is 3. The maximum atomic E-state index is 13.7. The predicted molar refractivity (Wildman–Crippen MR) is 122 cm³/mol. The summed E-state index contributed by atoms with van der Waals surface area (Å²) in [4.78, 5) is 41.3. The number of nitrogens with zero attached hydrogens (tertiary/aromatic N) is 1. The van der Waals surface area contributed by atoms with Gasteiger partial charge in [0.2, 0.25) is 0 Å². The molecule has 0 spiro atoms. The molecule has 1 aliphatic heterocycles. The van der Waals surface area contributed by atoms with Crippen LogP contribution in [0.2, 0.25) is 0 Å². The van der Waals surface area contributed by atoms with E-state index in [1.807, 2.05) is 57.1 Å². The Balaban J connectivity index is 2.15. The summed E-state index contributed by atoms with van der Waals surface area (Å²) in [6.45, 7) is 7.62. The Bertz CT molecular complexity index is 975. The standard InChI is InChI=1S/C25H32N2O5/c1-7-31-24(29)19-14(3)13-18-22(23(19)28)21(16-9-11-17(12-10-16)27(5)6)20(15(4)26-18)25(30)32-8-2/h9-12,14,19,21,26H,7-8,13H2,1-6H3/t14-,19+,21-/m1/s1. The molecule has 0 radical (unpaired) electrons. The number of carbonyl (C=O) groups excluding carboxylic acids is 3. The molecule has 1 aromatic carbocycles. The summed E-state index contributed by atoms with van der Waals surface area (Å²) in [6, 6.07) is 7.75. The van der Waals surface area contributed by atoms with E-state index in [2.05, 4.69) is 5.32 Å². The fraction of sp³-hybridized carbons (Fsp3) is 0.480. The predicted octanol–water partition coefficient (Wildman–Crippen LogP) is 3.32. The van der Waals surface area contributed by atoms with Crippen LogP contribution in [0, 0.1) is 11.8 Å². The van der Waals surface area contributed by atoms with E-state index in [9.17, 15) is 14.4 Å². The number of Topliss-reactive ketones (excluding diaryl/α,β-unsaturated/α-hetero) is 1. The summed E-state index contributed by atoms with van der Waals surface area (Å²) >= 11 is 0. The van der Waals surface area contributed by atoms with Crippen molar-refractivity contribution in [3.8, 4) is 0 Å². The Morgan fingerprint density at radius 2 is 1.72 bits per heavy atom. The Hall–Kier alpha value is -3.09. The van der Waals surface area contributed by atoms with Crippen LogP contribution in [0.3, 0.4) is 0 Å². The molecule has 0 saturated carbocycles. The fourth-order valence-corrected chi connectivity index (χ4v) is 4.56. The molecule has 172 valence electrons. The normalized spacial score (nSPS) is 22.8. The molecule has 0 aromatic heterocycles. The average Bonchev–Trinajstić information content (AvgIpc) is 2.73. The van der Waals surface area contributed by atoms with Gasteiger partial charge in [-0.05, 0) is 50.8 Å². The van der Waals surface area contributed by atoms with Gasteiger partial charge in [0.15, 0.2) is 5.78 Å². The van der Waals surface area contributed by atoms with Crippen molar-refractivity contribution < 1.29 is 23.9 Å². The second-order valence-corrected chi connectivity index (χ2v) is 8.47. The molecule has 0 bridgehead atoms. The number of hydrogen-bond acceptors (Lipinski definition) is 7. The van der Waals surface area contributed by atoms with Crippen molar-refractivity contribution in [1.82, 2.24) is 5.32 Å². The van der Waals surface area contributed by atoms with E-state index >= 15 is 0 Å². The minimum Gasteiger partial charge on any atom is -0.465 e. The van der Waals surface area contributed by atoms with Crippen LogP contribution in [0.15, 0.2) is 46.8 Å². The average molecular weight is 441 g/mol. The van der Waals surface area contributed by atoms with Gasteiger partial charge in [0, 0.05) is 42.7 Å². The molecule has 2 aliphatic rings. The first-order chi connectivity index (χ1) is 15.2. The van der Waals surface area contributed by atoms with Crippen LogP contribution in [-0.2, 0) is 23.9 Å². The Kier molecular flexibility index (Phi) is 7.06. The Labute approximate surface area is 189 Å². The Morgan fingerprint density at radius 3 is 2.28 bits per heavy atom. The maximum Gasteiger partial charge on any atom is 0.336 e. The third kappa shape index (κ3) is 4.29. The van der Waals surface area contributed by atoms with Gasteiger partial charge < -0.3 is 19.7 Å². The lowest BCUT2D eigenvalue weighted by molar-refractivity contribution is -0.153. The molecule has 0 saturated heterocycles. The van der Waals surface area contributed by atoms with Crippen molar-refractivity contribution >= 4 is 23.4 Å². The van der Waals surface area contributed by atoms with E-state index < -0.39 is 23.8 Å². The number of rotatable bonds is 6. The molecule has 7 nitrogen and oxygen atoms in total. The maximum absolute atomic E-state index is 13.7. The molecule has 3 rings (SSSR count). The monoisotopic (exact) mass is 440 g/mol. The first kappa shape index (κ1) is 23.6. The summed E-state index contributed by atoms with van der Waals surface area (Å²) in [5.41, 5.74) is 4.08. The number of benzene rings is 1. The van der Waals surface area contributed by atoms with Crippen molar-refractivity contribution in [3.63, 3.8) is 0 Å². The van der Waals surface area contributed by atoms with E-state index in [1.165, 1.54) is 0 Å². The van der Waals surface area contributed by atoms with Crippen molar-refractivity contribution in [3.05, 3.63) is 52.4 Å². The molecule has 1 heterocycles. The van der Waals surface area contributed by atoms with Gasteiger partial charge in [-0.1, -0.05) is 19.1 Å². The van der Waals surface area contributed by atoms with Gasteiger partial charge in [-0.3, -0.25) is 9.59 Å². The highest BCUT2D eigenvalue weighted by Crippen LogP contribution is 2.45. The number of anilines is 1. The first-order valence-electron chi connectivity index (χ1n) is 11.1. The molecule has 1 aromatic rings. The minimum atomic E-state index is -0.888. The second kappa shape index (κ2) is 9.59. The second-order valence-electron chi connectivity index (χ2n) is 8.47. The number of allylic oxidation sites excluding steroid dienone is 3. The number of ether oxygens (including phenoxy) is 2. The summed E-state index contributed by atoms with van der Waals surface area (Å²) in [5.74, 6) is -2.98. The van der Waals surface area contributed by atoms with Gasteiger partial charge in [0.05, 0.1) is 18.8 Å². The van der Waals surface area contributed by atoms with Gasteiger partial charge >= 0.3 is 11.9 Å². The zero-order valence-corrected chi connectivity index (χ0v) is 19.7. The lowest BCUT2D eigenvalue weighted by Crippen LogP contribution is -2.43. The number of ketones is 1. The molecule has 1 N–H and O–H groups in total. The van der Waals surface area contributed by atoms with Crippen molar-refractivity contribution in [2.45, 2.75) is 40.0 Å². The largest absolute Gasteiger partial charge is 0.465 e. The third-order valence-electron chi connectivity index (χ3n) is 6.07. The summed E-state index contributed by atoms with van der Waals surface area (Å²) in [5, 5.41) is 3.27. The van der Waals surface area contributed by atoms with Crippen LogP contribution in [0.25, 0.3) is 0 Å². The molecule has 0 unspecified atom stereocenters. The van der Waals surface area contributed by atoms with E-state index in [4.69, 9.17) is 9.47 Å². The fourth-order valence-electron chi connectivity index (χ4n) is 4.56. The molecule has 7 heteroatoms. The van der Waals surface area contributed by atoms with Crippen molar-refractivity contribution in [1.29, 1.82) is 0 Å². The number of nitrogens with one attached hydrogen (secondary N) is 1. The SMILES string of the molecule is CCOC(=O)C1=C(C)NC2=C(C(=O)[C@@H](C(=O)OCC)[C@H](C)C2)[C@@H]1c1ccc(N(C)C)cc1. The highest BCUT2D eigenvalue weighted by atomic mass is 16.5. The molecule has 32 heavy (non-hydrogen) atoms. The molecule has 0 amide bonds. The van der Waals surface area contributed by atoms with Gasteiger partial charge in [-0.2, -0.15) is 0 Å². The lowest BCUT2D eigenvalue weighted by atomic mass is 9.69. The quantitative estimate of drug-likeness (QED) is 0.537. The van der Waals surface area contributed by atoms with Crippen molar-refractivity contribution in [2.24, 2.45) is 11.8 Å². The van der Waals surface area contributed by atoms with Gasteiger partial charge in [0.1, 0.15) is 5.92 Å². The first-order valence-corrected chi connectivity index (χ1v) is 11.1. The van der Waals surface area contributed by atoms with Crippen LogP contribution in [0.4, 0.5) is 5.69 Å². The third-order valence-corrected chi connectivity index (χ3v) is 6.07. The molecular weight excluding hydrogens is 408 g/mol. The molecule has 3 atom stereocenters. The topological polar surface area (TPSA) is 84.9 Å². The lowest BCUT2D eigenvalue weighted by Gasteiger charge is -2.38. The summed E-state index contributed by atoms with van der Waals surface area (Å²) < 4.78 is 10.6. The zero-order valence-electron chi connectivity index (χ0n) is 19.7. The highest BCUT2D eigenvalue weighted by molar-refractivity contribution is 6.12. The van der Waals surface area contributed by atoms with E-state index in [0.29, 0.717) is 23.3 Å². The number of dihydropyridines is 1. The number of hydrogen-bond donors (Lipinski definition) is 1. The van der Waals surface area contributed by atoms with Crippen LogP contribution in [0.5, 0.6) is 0 Å². The minimum absolute atomic E-state index is 0.207. The van der Waals surface area contributed by atoms with Gasteiger partial charge in [-0.15, -0.1) is 0 Å².